The van der Waals surface area contributed by atoms with Crippen LogP contribution in [0, 0.1) is 6.92 Å². The summed E-state index contributed by atoms with van der Waals surface area (Å²) in [5.41, 5.74) is 2.58. The molecule has 0 bridgehead atoms. The number of nitrogens with one attached hydrogen (secondary N) is 2. The number of aryl methyl sites for hydroxylation is 1. The first-order valence-electron chi connectivity index (χ1n) is 8.43. The highest BCUT2D eigenvalue weighted by Gasteiger charge is 2.17. The van der Waals surface area contributed by atoms with Gasteiger partial charge in [-0.3, -0.25) is 9.89 Å². The van der Waals surface area contributed by atoms with Gasteiger partial charge in [0.1, 0.15) is 0 Å². The van der Waals surface area contributed by atoms with Crippen LogP contribution in [0.2, 0.25) is 0 Å². The van der Waals surface area contributed by atoms with Crippen molar-refractivity contribution in [2.24, 2.45) is 4.99 Å². The third-order valence-electron chi connectivity index (χ3n) is 4.40. The number of hydrogen-bond donors (Lipinski definition) is 2. The van der Waals surface area contributed by atoms with Gasteiger partial charge < -0.3 is 10.6 Å². The van der Waals surface area contributed by atoms with Gasteiger partial charge in [-0.1, -0.05) is 36.2 Å². The summed E-state index contributed by atoms with van der Waals surface area (Å²) >= 11 is 0. The van der Waals surface area contributed by atoms with E-state index >= 15 is 0 Å². The van der Waals surface area contributed by atoms with Gasteiger partial charge in [-0.05, 0) is 38.8 Å². The van der Waals surface area contributed by atoms with Crippen LogP contribution in [0.15, 0.2) is 29.3 Å². The van der Waals surface area contributed by atoms with E-state index in [4.69, 9.17) is 0 Å². The monoisotopic (exact) mass is 302 g/mol. The van der Waals surface area contributed by atoms with E-state index in [1.54, 1.807) is 0 Å². The standard InChI is InChI=1S/C18H30N4/c1-15-7-6-9-17(13-15)14-21-18(19-3)20-10-12-22-11-5-4-8-16(22)2/h6-7,9,13,16H,4-5,8,10-12,14H2,1-3H3,(H2,19,20,21). The Morgan fingerprint density at radius 3 is 2.91 bits per heavy atom. The molecule has 1 aromatic rings. The first-order chi connectivity index (χ1) is 10.7. The van der Waals surface area contributed by atoms with Crippen molar-refractivity contribution in [3.63, 3.8) is 0 Å². The molecule has 1 aliphatic rings. The van der Waals surface area contributed by atoms with Crippen molar-refractivity contribution in [2.45, 2.75) is 45.7 Å². The Bertz CT molecular complexity index is 484. The largest absolute Gasteiger partial charge is 0.355 e. The normalized spacial score (nSPS) is 20.0. The molecule has 0 spiro atoms. The van der Waals surface area contributed by atoms with Crippen LogP contribution in [0.4, 0.5) is 0 Å². The average Bonchev–Trinajstić information content (AvgIpc) is 2.52. The Kier molecular flexibility index (Phi) is 6.72. The van der Waals surface area contributed by atoms with E-state index in [0.717, 1.165) is 31.6 Å². The fourth-order valence-corrected chi connectivity index (χ4v) is 3.04. The van der Waals surface area contributed by atoms with Gasteiger partial charge in [0.15, 0.2) is 5.96 Å². The molecule has 2 N–H and O–H groups in total. The Morgan fingerprint density at radius 1 is 1.32 bits per heavy atom. The topological polar surface area (TPSA) is 39.7 Å². The van der Waals surface area contributed by atoms with Crippen LogP contribution in [0.3, 0.4) is 0 Å². The summed E-state index contributed by atoms with van der Waals surface area (Å²) in [5.74, 6) is 0.881. The molecule has 2 rings (SSSR count). The van der Waals surface area contributed by atoms with Crippen molar-refractivity contribution in [3.8, 4) is 0 Å². The molecule has 1 atom stereocenters. The Morgan fingerprint density at radius 2 is 2.18 bits per heavy atom. The minimum atomic E-state index is 0.720. The summed E-state index contributed by atoms with van der Waals surface area (Å²) in [6, 6.07) is 9.28. The van der Waals surface area contributed by atoms with Crippen LogP contribution in [0.1, 0.15) is 37.3 Å². The van der Waals surface area contributed by atoms with Gasteiger partial charge in [-0.2, -0.15) is 0 Å². The molecule has 1 saturated heterocycles. The predicted octanol–water partition coefficient (Wildman–Crippen LogP) is 2.53. The Hall–Kier alpha value is -1.55. The van der Waals surface area contributed by atoms with E-state index in [2.05, 4.69) is 58.6 Å². The van der Waals surface area contributed by atoms with Gasteiger partial charge in [-0.15, -0.1) is 0 Å². The summed E-state index contributed by atoms with van der Waals surface area (Å²) in [6.45, 7) is 8.53. The second-order valence-electron chi connectivity index (χ2n) is 6.22. The first kappa shape index (κ1) is 16.8. The zero-order valence-electron chi connectivity index (χ0n) is 14.2. The lowest BCUT2D eigenvalue weighted by atomic mass is 10.0. The number of rotatable bonds is 5. The molecule has 0 aromatic heterocycles. The van der Waals surface area contributed by atoms with Gasteiger partial charge in [0.25, 0.3) is 0 Å². The van der Waals surface area contributed by atoms with Gasteiger partial charge >= 0.3 is 0 Å². The summed E-state index contributed by atoms with van der Waals surface area (Å²) in [6.07, 6.45) is 4.05. The third kappa shape index (κ3) is 5.34. The van der Waals surface area contributed by atoms with Gasteiger partial charge in [0.05, 0.1) is 0 Å². The summed E-state index contributed by atoms with van der Waals surface area (Å²) < 4.78 is 0. The molecule has 0 amide bonds. The maximum Gasteiger partial charge on any atom is 0.191 e. The lowest BCUT2D eigenvalue weighted by Crippen LogP contribution is -2.45. The minimum Gasteiger partial charge on any atom is -0.355 e. The van der Waals surface area contributed by atoms with Gasteiger partial charge in [0, 0.05) is 32.7 Å². The molecule has 1 aromatic carbocycles. The minimum absolute atomic E-state index is 0.720. The zero-order valence-corrected chi connectivity index (χ0v) is 14.2. The van der Waals surface area contributed by atoms with E-state index in [-0.39, 0.29) is 0 Å². The molecule has 0 radical (unpaired) electrons. The van der Waals surface area contributed by atoms with Crippen LogP contribution in [0.25, 0.3) is 0 Å². The van der Waals surface area contributed by atoms with Crippen LogP contribution in [-0.4, -0.2) is 43.6 Å². The highest BCUT2D eigenvalue weighted by Crippen LogP contribution is 2.15. The molecular formula is C18H30N4. The molecule has 1 unspecified atom stereocenters. The van der Waals surface area contributed by atoms with Crippen molar-refractivity contribution < 1.29 is 0 Å². The number of piperidine rings is 1. The SMILES string of the molecule is CN=C(NCCN1CCCCC1C)NCc1cccc(C)c1. The molecule has 1 heterocycles. The number of guanidine groups is 1. The van der Waals surface area contributed by atoms with E-state index < -0.39 is 0 Å². The Balaban J connectivity index is 1.71. The number of aliphatic imine (C=N–C) groups is 1. The van der Waals surface area contributed by atoms with Crippen LogP contribution < -0.4 is 10.6 Å². The van der Waals surface area contributed by atoms with Gasteiger partial charge in [-0.25, -0.2) is 0 Å². The van der Waals surface area contributed by atoms with Crippen molar-refractivity contribution in [3.05, 3.63) is 35.4 Å². The quantitative estimate of drug-likeness (QED) is 0.648. The van der Waals surface area contributed by atoms with E-state index in [0.29, 0.717) is 0 Å². The van der Waals surface area contributed by atoms with Crippen LogP contribution in [-0.2, 0) is 6.54 Å². The number of benzene rings is 1. The van der Waals surface area contributed by atoms with Crippen molar-refractivity contribution in [2.75, 3.05) is 26.7 Å². The van der Waals surface area contributed by atoms with Crippen molar-refractivity contribution >= 4 is 5.96 Å². The summed E-state index contributed by atoms with van der Waals surface area (Å²) in [5, 5.41) is 6.80. The lowest BCUT2D eigenvalue weighted by molar-refractivity contribution is 0.163. The average molecular weight is 302 g/mol. The van der Waals surface area contributed by atoms with E-state index in [1.807, 2.05) is 7.05 Å². The van der Waals surface area contributed by atoms with Crippen LogP contribution >= 0.6 is 0 Å². The summed E-state index contributed by atoms with van der Waals surface area (Å²) in [4.78, 5) is 6.88. The van der Waals surface area contributed by atoms with E-state index in [9.17, 15) is 0 Å². The maximum atomic E-state index is 4.30. The number of hydrogen-bond acceptors (Lipinski definition) is 2. The highest BCUT2D eigenvalue weighted by molar-refractivity contribution is 5.79. The van der Waals surface area contributed by atoms with Crippen LogP contribution in [0.5, 0.6) is 0 Å². The van der Waals surface area contributed by atoms with Gasteiger partial charge in [0.2, 0.25) is 0 Å². The lowest BCUT2D eigenvalue weighted by Gasteiger charge is -2.33. The Labute approximate surface area is 135 Å². The molecular weight excluding hydrogens is 272 g/mol. The molecule has 1 fully saturated rings. The number of likely N-dealkylation sites (tertiary alicyclic amines) is 1. The number of nitrogens with zero attached hydrogens (tertiary/aromatic N) is 2. The zero-order chi connectivity index (χ0) is 15.8. The third-order valence-corrected chi connectivity index (χ3v) is 4.40. The van der Waals surface area contributed by atoms with Crippen molar-refractivity contribution in [1.29, 1.82) is 0 Å². The molecule has 1 aliphatic heterocycles. The second kappa shape index (κ2) is 8.79. The molecule has 4 heteroatoms. The molecule has 4 nitrogen and oxygen atoms in total. The smallest absolute Gasteiger partial charge is 0.191 e. The van der Waals surface area contributed by atoms with Crippen molar-refractivity contribution in [1.82, 2.24) is 15.5 Å². The molecule has 0 aliphatic carbocycles. The highest BCUT2D eigenvalue weighted by atomic mass is 15.2. The molecule has 122 valence electrons. The summed E-state index contributed by atoms with van der Waals surface area (Å²) in [7, 11) is 1.83. The molecule has 0 saturated carbocycles. The fraction of sp³-hybridized carbons (Fsp3) is 0.611. The maximum absolute atomic E-state index is 4.30. The van der Waals surface area contributed by atoms with E-state index in [1.165, 1.54) is 36.9 Å². The second-order valence-corrected chi connectivity index (χ2v) is 6.22. The molecule has 22 heavy (non-hydrogen) atoms. The fourth-order valence-electron chi connectivity index (χ4n) is 3.04. The predicted molar refractivity (Wildman–Crippen MR) is 94.3 cm³/mol. The first-order valence-corrected chi connectivity index (χ1v) is 8.43.